The molecule has 0 aliphatic carbocycles. The Morgan fingerprint density at radius 2 is 1.83 bits per heavy atom. The SMILES string of the molecule is CCC1OC(OCCCCCO)C(C)C(O)C1O. The van der Waals surface area contributed by atoms with Gasteiger partial charge in [0.15, 0.2) is 6.29 Å². The van der Waals surface area contributed by atoms with Gasteiger partial charge in [-0.15, -0.1) is 0 Å². The van der Waals surface area contributed by atoms with Gasteiger partial charge in [0.05, 0.1) is 12.2 Å². The summed E-state index contributed by atoms with van der Waals surface area (Å²) in [5.41, 5.74) is 0. The van der Waals surface area contributed by atoms with E-state index >= 15 is 0 Å². The third kappa shape index (κ3) is 4.17. The average molecular weight is 262 g/mol. The summed E-state index contributed by atoms with van der Waals surface area (Å²) >= 11 is 0. The lowest BCUT2D eigenvalue weighted by molar-refractivity contribution is -0.277. The van der Waals surface area contributed by atoms with Crippen molar-refractivity contribution >= 4 is 0 Å². The summed E-state index contributed by atoms with van der Waals surface area (Å²) in [6, 6.07) is 0. The molecule has 108 valence electrons. The molecule has 1 fully saturated rings. The first-order chi connectivity index (χ1) is 8.61. The van der Waals surface area contributed by atoms with Crippen molar-refractivity contribution in [1.29, 1.82) is 0 Å². The Kier molecular flexibility index (Phi) is 7.11. The fourth-order valence-electron chi connectivity index (χ4n) is 2.19. The molecule has 3 N–H and O–H groups in total. The molecule has 0 amide bonds. The molecule has 1 rings (SSSR count). The second-order valence-corrected chi connectivity index (χ2v) is 4.95. The smallest absolute Gasteiger partial charge is 0.163 e. The van der Waals surface area contributed by atoms with E-state index in [4.69, 9.17) is 14.6 Å². The van der Waals surface area contributed by atoms with E-state index in [1.54, 1.807) is 0 Å². The lowest BCUT2D eigenvalue weighted by Crippen LogP contribution is -2.54. The monoisotopic (exact) mass is 262 g/mol. The van der Waals surface area contributed by atoms with Gasteiger partial charge in [0.25, 0.3) is 0 Å². The topological polar surface area (TPSA) is 79.2 Å². The molecule has 18 heavy (non-hydrogen) atoms. The van der Waals surface area contributed by atoms with Crippen LogP contribution in [0, 0.1) is 5.92 Å². The standard InChI is InChI=1S/C13H26O5/c1-3-10-12(16)11(15)9(2)13(18-10)17-8-6-4-5-7-14/h9-16H,3-8H2,1-2H3. The number of unbranched alkanes of at least 4 members (excludes halogenated alkanes) is 2. The Morgan fingerprint density at radius 1 is 1.11 bits per heavy atom. The predicted molar refractivity (Wildman–Crippen MR) is 67.0 cm³/mol. The van der Waals surface area contributed by atoms with Crippen molar-refractivity contribution in [2.75, 3.05) is 13.2 Å². The van der Waals surface area contributed by atoms with Crippen LogP contribution < -0.4 is 0 Å². The fourth-order valence-corrected chi connectivity index (χ4v) is 2.19. The molecule has 1 aliphatic rings. The van der Waals surface area contributed by atoms with Crippen LogP contribution in [0.3, 0.4) is 0 Å². The van der Waals surface area contributed by atoms with Gasteiger partial charge in [0.2, 0.25) is 0 Å². The van der Waals surface area contributed by atoms with E-state index in [0.29, 0.717) is 13.0 Å². The van der Waals surface area contributed by atoms with E-state index in [-0.39, 0.29) is 18.6 Å². The molecule has 1 heterocycles. The van der Waals surface area contributed by atoms with Gasteiger partial charge in [-0.05, 0) is 25.7 Å². The molecule has 0 radical (unpaired) electrons. The molecule has 5 nitrogen and oxygen atoms in total. The van der Waals surface area contributed by atoms with Gasteiger partial charge < -0.3 is 24.8 Å². The third-order valence-corrected chi connectivity index (χ3v) is 3.49. The number of ether oxygens (including phenoxy) is 2. The van der Waals surface area contributed by atoms with Crippen molar-refractivity contribution in [2.45, 2.75) is 64.1 Å². The van der Waals surface area contributed by atoms with Crippen molar-refractivity contribution < 1.29 is 24.8 Å². The van der Waals surface area contributed by atoms with Crippen LogP contribution >= 0.6 is 0 Å². The molecule has 0 aromatic rings. The highest BCUT2D eigenvalue weighted by molar-refractivity contribution is 4.86. The first kappa shape index (κ1) is 15.9. The molecule has 0 aromatic carbocycles. The molecule has 0 saturated carbocycles. The zero-order valence-corrected chi connectivity index (χ0v) is 11.3. The maximum atomic E-state index is 9.92. The number of hydrogen-bond acceptors (Lipinski definition) is 5. The van der Waals surface area contributed by atoms with Crippen LogP contribution in [0.2, 0.25) is 0 Å². The minimum absolute atomic E-state index is 0.207. The van der Waals surface area contributed by atoms with Crippen molar-refractivity contribution in [3.8, 4) is 0 Å². The Morgan fingerprint density at radius 3 is 2.44 bits per heavy atom. The lowest BCUT2D eigenvalue weighted by atomic mass is 9.91. The van der Waals surface area contributed by atoms with Gasteiger partial charge >= 0.3 is 0 Å². The first-order valence-electron chi connectivity index (χ1n) is 6.85. The summed E-state index contributed by atoms with van der Waals surface area (Å²) in [5.74, 6) is -0.236. The van der Waals surface area contributed by atoms with E-state index < -0.39 is 18.5 Å². The number of hydrogen-bond donors (Lipinski definition) is 3. The summed E-state index contributed by atoms with van der Waals surface area (Å²) in [6.07, 6.45) is 0.757. The van der Waals surface area contributed by atoms with Gasteiger partial charge in [-0.1, -0.05) is 13.8 Å². The molecule has 0 aromatic heterocycles. The quantitative estimate of drug-likeness (QED) is 0.587. The van der Waals surface area contributed by atoms with Crippen LogP contribution in [0.1, 0.15) is 39.5 Å². The molecule has 1 saturated heterocycles. The molecule has 5 heteroatoms. The number of rotatable bonds is 7. The van der Waals surface area contributed by atoms with Gasteiger partial charge in [-0.2, -0.15) is 0 Å². The maximum Gasteiger partial charge on any atom is 0.163 e. The molecule has 5 unspecified atom stereocenters. The predicted octanol–water partition coefficient (Wildman–Crippen LogP) is 0.658. The average Bonchev–Trinajstić information content (AvgIpc) is 2.38. The summed E-state index contributed by atoms with van der Waals surface area (Å²) in [4.78, 5) is 0. The van der Waals surface area contributed by atoms with Crippen LogP contribution in [-0.2, 0) is 9.47 Å². The van der Waals surface area contributed by atoms with Crippen LogP contribution in [0.15, 0.2) is 0 Å². The van der Waals surface area contributed by atoms with Crippen LogP contribution in [0.5, 0.6) is 0 Å². The largest absolute Gasteiger partial charge is 0.396 e. The van der Waals surface area contributed by atoms with Gasteiger partial charge in [-0.3, -0.25) is 0 Å². The molecular formula is C13H26O5. The Bertz CT molecular complexity index is 221. The second-order valence-electron chi connectivity index (χ2n) is 4.95. The number of aliphatic hydroxyl groups excluding tert-OH is 3. The third-order valence-electron chi connectivity index (χ3n) is 3.49. The number of aliphatic hydroxyl groups is 3. The second kappa shape index (κ2) is 8.07. The zero-order valence-electron chi connectivity index (χ0n) is 11.3. The molecule has 1 aliphatic heterocycles. The molecule has 5 atom stereocenters. The zero-order chi connectivity index (χ0) is 13.5. The highest BCUT2D eigenvalue weighted by atomic mass is 16.7. The first-order valence-corrected chi connectivity index (χ1v) is 6.85. The van der Waals surface area contributed by atoms with Crippen molar-refractivity contribution in [3.63, 3.8) is 0 Å². The molecular weight excluding hydrogens is 236 g/mol. The molecule has 0 bridgehead atoms. The summed E-state index contributed by atoms with van der Waals surface area (Å²) in [6.45, 7) is 4.49. The maximum absolute atomic E-state index is 9.92. The minimum Gasteiger partial charge on any atom is -0.396 e. The normalized spacial score (nSPS) is 36.8. The summed E-state index contributed by atoms with van der Waals surface area (Å²) < 4.78 is 11.3. The van der Waals surface area contributed by atoms with Gasteiger partial charge in [-0.25, -0.2) is 0 Å². The highest BCUT2D eigenvalue weighted by Gasteiger charge is 2.41. The minimum atomic E-state index is -0.834. The lowest BCUT2D eigenvalue weighted by Gasteiger charge is -2.41. The Hall–Kier alpha value is -0.200. The van der Waals surface area contributed by atoms with Crippen molar-refractivity contribution in [1.82, 2.24) is 0 Å². The van der Waals surface area contributed by atoms with E-state index in [1.807, 2.05) is 13.8 Å². The van der Waals surface area contributed by atoms with E-state index in [1.165, 1.54) is 0 Å². The van der Waals surface area contributed by atoms with Crippen LogP contribution in [-0.4, -0.2) is 53.1 Å². The Balaban J connectivity index is 2.35. The highest BCUT2D eigenvalue weighted by Crippen LogP contribution is 2.28. The van der Waals surface area contributed by atoms with E-state index in [0.717, 1.165) is 19.3 Å². The molecule has 0 spiro atoms. The van der Waals surface area contributed by atoms with Gasteiger partial charge in [0.1, 0.15) is 6.10 Å². The fraction of sp³-hybridized carbons (Fsp3) is 1.00. The van der Waals surface area contributed by atoms with E-state index in [9.17, 15) is 10.2 Å². The van der Waals surface area contributed by atoms with Gasteiger partial charge in [0, 0.05) is 19.1 Å². The summed E-state index contributed by atoms with van der Waals surface area (Å²) in [7, 11) is 0. The Labute approximate surface area is 109 Å². The van der Waals surface area contributed by atoms with Crippen LogP contribution in [0.25, 0.3) is 0 Å². The van der Waals surface area contributed by atoms with Crippen molar-refractivity contribution in [2.24, 2.45) is 5.92 Å². The summed E-state index contributed by atoms with van der Waals surface area (Å²) in [5, 5.41) is 28.4. The van der Waals surface area contributed by atoms with Crippen molar-refractivity contribution in [3.05, 3.63) is 0 Å². The van der Waals surface area contributed by atoms with Crippen LogP contribution in [0.4, 0.5) is 0 Å². The van der Waals surface area contributed by atoms with E-state index in [2.05, 4.69) is 0 Å².